The number of likely N-dealkylation sites (N-methyl/N-ethyl adjacent to an activating group) is 1. The van der Waals surface area contributed by atoms with Crippen LogP contribution in [0.15, 0.2) is 60.7 Å². The zero-order chi connectivity index (χ0) is 24.6. The number of fused-ring (bicyclic) bond motifs is 1. The third-order valence-electron chi connectivity index (χ3n) is 5.20. The second-order valence-corrected chi connectivity index (χ2v) is 7.47. The monoisotopic (exact) mass is 467 g/mol. The summed E-state index contributed by atoms with van der Waals surface area (Å²) in [6.07, 6.45) is 0. The van der Waals surface area contributed by atoms with Gasteiger partial charge in [-0.05, 0) is 48.5 Å². The summed E-state index contributed by atoms with van der Waals surface area (Å²) < 4.78 is 40.1. The van der Waals surface area contributed by atoms with E-state index >= 15 is 0 Å². The van der Waals surface area contributed by atoms with Gasteiger partial charge in [-0.15, -0.1) is 0 Å². The molecule has 7 nitrogen and oxygen atoms in total. The van der Waals surface area contributed by atoms with E-state index < -0.39 is 53.3 Å². The van der Waals surface area contributed by atoms with E-state index in [1.54, 1.807) is 24.3 Å². The Balaban J connectivity index is 1.43. The second-order valence-electron chi connectivity index (χ2n) is 7.47. The van der Waals surface area contributed by atoms with Gasteiger partial charge in [0.15, 0.2) is 17.5 Å². The van der Waals surface area contributed by atoms with Crippen LogP contribution >= 0.6 is 0 Å². The number of nitrogens with zero attached hydrogens (tertiary/aromatic N) is 2. The highest BCUT2D eigenvalue weighted by Gasteiger charge is 2.36. The first kappa shape index (κ1) is 22.7. The van der Waals surface area contributed by atoms with Gasteiger partial charge in [-0.25, -0.2) is 18.1 Å². The molecule has 0 saturated carbocycles. The topological polar surface area (TPSA) is 86.8 Å². The zero-order valence-electron chi connectivity index (χ0n) is 17.6. The van der Waals surface area contributed by atoms with E-state index in [9.17, 15) is 32.3 Å². The van der Waals surface area contributed by atoms with Crippen LogP contribution in [-0.2, 0) is 4.79 Å². The van der Waals surface area contributed by atoms with Crippen molar-refractivity contribution < 1.29 is 32.3 Å². The predicted octanol–water partition coefficient (Wildman–Crippen LogP) is 3.62. The van der Waals surface area contributed by atoms with Crippen molar-refractivity contribution in [2.24, 2.45) is 0 Å². The molecule has 34 heavy (non-hydrogen) atoms. The lowest BCUT2D eigenvalue weighted by Gasteiger charge is -2.18. The van der Waals surface area contributed by atoms with E-state index in [4.69, 9.17) is 0 Å². The normalized spacial score (nSPS) is 12.5. The Morgan fingerprint density at radius 3 is 2.03 bits per heavy atom. The second kappa shape index (κ2) is 8.81. The number of hydrogen-bond acceptors (Lipinski definition) is 4. The average Bonchev–Trinajstić information content (AvgIpc) is 3.09. The number of nitrogens with one attached hydrogen (secondary N) is 1. The fourth-order valence-corrected chi connectivity index (χ4v) is 3.50. The van der Waals surface area contributed by atoms with Crippen molar-refractivity contribution >= 4 is 35.0 Å². The molecule has 172 valence electrons. The number of imide groups is 1. The third-order valence-corrected chi connectivity index (χ3v) is 5.20. The summed E-state index contributed by atoms with van der Waals surface area (Å²) in [5, 5.41) is 2.08. The van der Waals surface area contributed by atoms with Crippen LogP contribution in [0.2, 0.25) is 0 Å². The Morgan fingerprint density at radius 1 is 0.853 bits per heavy atom. The molecule has 0 spiro atoms. The third kappa shape index (κ3) is 4.01. The highest BCUT2D eigenvalue weighted by molar-refractivity contribution is 6.34. The maximum Gasteiger partial charge on any atom is 0.266 e. The minimum atomic E-state index is -1.72. The first-order valence-electron chi connectivity index (χ1n) is 9.95. The number of amides is 4. The molecule has 4 amide bonds. The molecule has 0 aromatic heterocycles. The van der Waals surface area contributed by atoms with Crippen LogP contribution in [0.1, 0.15) is 31.1 Å². The standard InChI is InChI=1S/C24H16F3N3O4/c1-29(12-19(31)28-18-11-10-17(25)20(26)21(18)27)22(32)13-6-8-14(9-7-13)30-23(33)15-4-2-3-5-16(15)24(30)34/h2-11H,12H2,1H3,(H,28,31). The lowest BCUT2D eigenvalue weighted by molar-refractivity contribution is -0.116. The van der Waals surface area contributed by atoms with Gasteiger partial charge in [0.1, 0.15) is 0 Å². The molecule has 3 aromatic carbocycles. The number of carbonyl (C=O) groups excluding carboxylic acids is 4. The fourth-order valence-electron chi connectivity index (χ4n) is 3.50. The maximum absolute atomic E-state index is 13.7. The fraction of sp³-hybridized carbons (Fsp3) is 0.0833. The van der Waals surface area contributed by atoms with Crippen molar-refractivity contribution in [3.8, 4) is 0 Å². The summed E-state index contributed by atoms with van der Waals surface area (Å²) >= 11 is 0. The summed E-state index contributed by atoms with van der Waals surface area (Å²) in [6.45, 7) is -0.503. The summed E-state index contributed by atoms with van der Waals surface area (Å²) in [7, 11) is 1.32. The van der Waals surface area contributed by atoms with Crippen molar-refractivity contribution in [3.05, 3.63) is 94.8 Å². The van der Waals surface area contributed by atoms with E-state index in [1.807, 2.05) is 0 Å². The van der Waals surface area contributed by atoms with Crippen LogP contribution in [0.25, 0.3) is 0 Å². The zero-order valence-corrected chi connectivity index (χ0v) is 17.6. The largest absolute Gasteiger partial charge is 0.332 e. The van der Waals surface area contributed by atoms with Gasteiger partial charge in [-0.1, -0.05) is 12.1 Å². The SMILES string of the molecule is CN(CC(=O)Nc1ccc(F)c(F)c1F)C(=O)c1ccc(N2C(=O)c3ccccc3C2=O)cc1. The molecule has 0 fully saturated rings. The summed E-state index contributed by atoms with van der Waals surface area (Å²) in [5.41, 5.74) is 0.452. The minimum absolute atomic E-state index is 0.162. The minimum Gasteiger partial charge on any atom is -0.332 e. The van der Waals surface area contributed by atoms with Gasteiger partial charge in [-0.2, -0.15) is 0 Å². The average molecular weight is 467 g/mol. The van der Waals surface area contributed by atoms with E-state index in [2.05, 4.69) is 5.32 Å². The van der Waals surface area contributed by atoms with Crippen LogP contribution in [0.4, 0.5) is 24.5 Å². The molecule has 1 aliphatic heterocycles. The Morgan fingerprint density at radius 2 is 1.44 bits per heavy atom. The lowest BCUT2D eigenvalue weighted by Crippen LogP contribution is -2.35. The molecule has 0 atom stereocenters. The van der Waals surface area contributed by atoms with Crippen molar-refractivity contribution in [1.29, 1.82) is 0 Å². The van der Waals surface area contributed by atoms with Crippen LogP contribution < -0.4 is 10.2 Å². The molecular formula is C24H16F3N3O4. The summed E-state index contributed by atoms with van der Waals surface area (Å²) in [6, 6.07) is 13.6. The van der Waals surface area contributed by atoms with Gasteiger partial charge in [0.25, 0.3) is 17.7 Å². The molecule has 0 unspecified atom stereocenters. The smallest absolute Gasteiger partial charge is 0.266 e. The van der Waals surface area contributed by atoms with Gasteiger partial charge in [0.2, 0.25) is 5.91 Å². The Labute approximate surface area is 191 Å². The molecule has 3 aromatic rings. The number of carbonyl (C=O) groups is 4. The van der Waals surface area contributed by atoms with E-state index in [-0.39, 0.29) is 22.4 Å². The van der Waals surface area contributed by atoms with Gasteiger partial charge in [0, 0.05) is 12.6 Å². The van der Waals surface area contributed by atoms with Crippen LogP contribution in [-0.4, -0.2) is 42.1 Å². The van der Waals surface area contributed by atoms with Crippen molar-refractivity contribution in [2.75, 3.05) is 23.8 Å². The van der Waals surface area contributed by atoms with Crippen molar-refractivity contribution in [1.82, 2.24) is 4.90 Å². The first-order valence-corrected chi connectivity index (χ1v) is 9.95. The molecule has 4 rings (SSSR count). The maximum atomic E-state index is 13.7. The number of hydrogen-bond donors (Lipinski definition) is 1. The van der Waals surface area contributed by atoms with E-state index in [1.165, 1.54) is 31.3 Å². The van der Waals surface area contributed by atoms with Gasteiger partial charge >= 0.3 is 0 Å². The molecule has 10 heteroatoms. The number of halogens is 3. The molecule has 0 radical (unpaired) electrons. The summed E-state index contributed by atoms with van der Waals surface area (Å²) in [4.78, 5) is 52.0. The lowest BCUT2D eigenvalue weighted by atomic mass is 10.1. The predicted molar refractivity (Wildman–Crippen MR) is 116 cm³/mol. The molecule has 1 heterocycles. The number of benzene rings is 3. The van der Waals surface area contributed by atoms with Crippen LogP contribution in [0, 0.1) is 17.5 Å². The molecule has 0 aliphatic carbocycles. The van der Waals surface area contributed by atoms with Crippen LogP contribution in [0.3, 0.4) is 0 Å². The Hall–Kier alpha value is -4.47. The van der Waals surface area contributed by atoms with Gasteiger partial charge in [0.05, 0.1) is 29.0 Å². The Bertz CT molecular complexity index is 1310. The van der Waals surface area contributed by atoms with Crippen molar-refractivity contribution in [3.63, 3.8) is 0 Å². The van der Waals surface area contributed by atoms with Gasteiger partial charge < -0.3 is 10.2 Å². The highest BCUT2D eigenvalue weighted by Crippen LogP contribution is 2.28. The molecule has 1 N–H and O–H groups in total. The number of anilines is 2. The molecule has 1 aliphatic rings. The van der Waals surface area contributed by atoms with Crippen LogP contribution in [0.5, 0.6) is 0 Å². The Kier molecular flexibility index (Phi) is 5.89. The highest BCUT2D eigenvalue weighted by atomic mass is 19.2. The van der Waals surface area contributed by atoms with E-state index in [0.717, 1.165) is 15.9 Å². The molecule has 0 bridgehead atoms. The van der Waals surface area contributed by atoms with E-state index in [0.29, 0.717) is 6.07 Å². The number of rotatable bonds is 5. The quantitative estimate of drug-likeness (QED) is 0.459. The van der Waals surface area contributed by atoms with Crippen molar-refractivity contribution in [2.45, 2.75) is 0 Å². The summed E-state index contributed by atoms with van der Waals surface area (Å²) in [5.74, 6) is -7.02. The molecular weight excluding hydrogens is 451 g/mol. The molecule has 0 saturated heterocycles. The van der Waals surface area contributed by atoms with Gasteiger partial charge in [-0.3, -0.25) is 19.2 Å². The first-order chi connectivity index (χ1) is 16.2.